The molecule has 0 saturated carbocycles. The lowest BCUT2D eigenvalue weighted by Gasteiger charge is -2.36. The van der Waals surface area contributed by atoms with E-state index in [-0.39, 0.29) is 5.91 Å². The zero-order valence-corrected chi connectivity index (χ0v) is 22.5. The number of ether oxygens (including phenoxy) is 1. The highest BCUT2D eigenvalue weighted by molar-refractivity contribution is 7.97. The van der Waals surface area contributed by atoms with E-state index in [0.717, 1.165) is 49.9 Å². The van der Waals surface area contributed by atoms with E-state index in [2.05, 4.69) is 75.2 Å². The summed E-state index contributed by atoms with van der Waals surface area (Å²) in [5.74, 6) is 1.57. The molecular formula is C32H33N3O2S. The van der Waals surface area contributed by atoms with Crippen molar-refractivity contribution in [1.29, 1.82) is 0 Å². The van der Waals surface area contributed by atoms with Crippen LogP contribution in [0.15, 0.2) is 103 Å². The zero-order valence-electron chi connectivity index (χ0n) is 21.7. The van der Waals surface area contributed by atoms with Gasteiger partial charge in [-0.05, 0) is 70.6 Å². The molecule has 4 aromatic carbocycles. The minimum atomic E-state index is -0.0576. The summed E-state index contributed by atoms with van der Waals surface area (Å²) in [7, 11) is 1.70. The van der Waals surface area contributed by atoms with Crippen LogP contribution >= 0.6 is 11.9 Å². The Hall–Kier alpha value is -3.74. The molecule has 0 aliphatic carbocycles. The largest absolute Gasteiger partial charge is 0.497 e. The Morgan fingerprint density at radius 1 is 0.816 bits per heavy atom. The smallest absolute Gasteiger partial charge is 0.261 e. The molecule has 5 nitrogen and oxygen atoms in total. The number of benzene rings is 4. The number of rotatable bonds is 9. The Morgan fingerprint density at radius 3 is 2.21 bits per heavy atom. The fourth-order valence-electron chi connectivity index (χ4n) is 4.76. The molecule has 0 radical (unpaired) electrons. The van der Waals surface area contributed by atoms with Crippen molar-refractivity contribution in [1.82, 2.24) is 9.62 Å². The number of methoxy groups -OCH3 is 1. The van der Waals surface area contributed by atoms with Crippen molar-refractivity contribution in [3.8, 4) is 16.9 Å². The topological polar surface area (TPSA) is 44.8 Å². The van der Waals surface area contributed by atoms with E-state index in [0.29, 0.717) is 5.56 Å². The van der Waals surface area contributed by atoms with Gasteiger partial charge in [0.1, 0.15) is 5.75 Å². The lowest BCUT2D eigenvalue weighted by Crippen LogP contribution is -2.46. The summed E-state index contributed by atoms with van der Waals surface area (Å²) in [6.07, 6.45) is 0. The van der Waals surface area contributed by atoms with Crippen LogP contribution in [-0.2, 0) is 12.3 Å². The maximum atomic E-state index is 12.5. The number of anilines is 1. The van der Waals surface area contributed by atoms with Crippen molar-refractivity contribution in [3.05, 3.63) is 120 Å². The summed E-state index contributed by atoms with van der Waals surface area (Å²) in [6, 6.07) is 35.1. The van der Waals surface area contributed by atoms with Gasteiger partial charge in [0.2, 0.25) is 0 Å². The molecule has 0 bridgehead atoms. The summed E-state index contributed by atoms with van der Waals surface area (Å²) in [4.78, 5) is 17.5. The summed E-state index contributed by atoms with van der Waals surface area (Å²) in [5.41, 5.74) is 6.86. The van der Waals surface area contributed by atoms with Gasteiger partial charge >= 0.3 is 0 Å². The SMILES string of the molecule is COc1ccc(-c2ccccc2CN2CCN(c3ccc(C(=O)NSCc4ccccc4)cc3)CC2)cc1. The number of piperazine rings is 1. The predicted molar refractivity (Wildman–Crippen MR) is 158 cm³/mol. The number of hydrogen-bond acceptors (Lipinski definition) is 5. The van der Waals surface area contributed by atoms with Crippen LogP contribution in [0, 0.1) is 0 Å². The third-order valence-electron chi connectivity index (χ3n) is 6.93. The van der Waals surface area contributed by atoms with Gasteiger partial charge in [-0.1, -0.05) is 66.7 Å². The summed E-state index contributed by atoms with van der Waals surface area (Å²) in [5, 5.41) is 0. The summed E-state index contributed by atoms with van der Waals surface area (Å²) in [6.45, 7) is 4.84. The molecular weight excluding hydrogens is 490 g/mol. The van der Waals surface area contributed by atoms with Crippen molar-refractivity contribution in [3.63, 3.8) is 0 Å². The van der Waals surface area contributed by atoms with Gasteiger partial charge in [0.05, 0.1) is 7.11 Å². The lowest BCUT2D eigenvalue weighted by molar-refractivity contribution is 0.0984. The van der Waals surface area contributed by atoms with Crippen LogP contribution in [0.2, 0.25) is 0 Å². The van der Waals surface area contributed by atoms with E-state index in [9.17, 15) is 4.79 Å². The Balaban J connectivity index is 1.13. The van der Waals surface area contributed by atoms with Crippen LogP contribution < -0.4 is 14.4 Å². The first-order chi connectivity index (χ1) is 18.7. The number of carbonyl (C=O) groups excluding carboxylic acids is 1. The Morgan fingerprint density at radius 2 is 1.50 bits per heavy atom. The molecule has 1 aliphatic heterocycles. The zero-order chi connectivity index (χ0) is 26.2. The van der Waals surface area contributed by atoms with Gasteiger partial charge in [0, 0.05) is 49.7 Å². The maximum absolute atomic E-state index is 12.5. The fraction of sp³-hybridized carbons (Fsp3) is 0.219. The standard InChI is InChI=1S/C32H33N3O2S/c1-37-30-17-13-26(14-18-30)31-10-6-5-9-28(31)23-34-19-21-35(22-20-34)29-15-11-27(12-16-29)32(36)33-38-24-25-7-3-2-4-8-25/h2-18H,19-24H2,1H3,(H,33,36). The third kappa shape index (κ3) is 6.57. The average Bonchev–Trinajstić information content (AvgIpc) is 2.98. The molecule has 1 fully saturated rings. The van der Waals surface area contributed by atoms with E-state index in [1.54, 1.807) is 7.11 Å². The van der Waals surface area contributed by atoms with Crippen LogP contribution in [0.3, 0.4) is 0 Å². The van der Waals surface area contributed by atoms with Gasteiger partial charge in [-0.2, -0.15) is 0 Å². The molecule has 0 atom stereocenters. The summed E-state index contributed by atoms with van der Waals surface area (Å²) >= 11 is 1.42. The molecule has 5 rings (SSSR count). The molecule has 0 aromatic heterocycles. The average molecular weight is 524 g/mol. The molecule has 1 amide bonds. The molecule has 1 aliphatic rings. The fourth-order valence-corrected chi connectivity index (χ4v) is 5.44. The van der Waals surface area contributed by atoms with Gasteiger partial charge in [0.25, 0.3) is 5.91 Å². The quantitative estimate of drug-likeness (QED) is 0.262. The molecule has 194 valence electrons. The molecule has 38 heavy (non-hydrogen) atoms. The van der Waals surface area contributed by atoms with Gasteiger partial charge < -0.3 is 9.64 Å². The Kier molecular flexibility index (Phi) is 8.64. The predicted octanol–water partition coefficient (Wildman–Crippen LogP) is 6.26. The van der Waals surface area contributed by atoms with Crippen molar-refractivity contribution < 1.29 is 9.53 Å². The van der Waals surface area contributed by atoms with E-state index >= 15 is 0 Å². The molecule has 1 saturated heterocycles. The third-order valence-corrected chi connectivity index (χ3v) is 7.73. The van der Waals surface area contributed by atoms with Crippen molar-refractivity contribution in [2.45, 2.75) is 12.3 Å². The normalized spacial score (nSPS) is 13.8. The van der Waals surface area contributed by atoms with Crippen LogP contribution in [0.5, 0.6) is 5.75 Å². The number of amides is 1. The number of nitrogens with one attached hydrogen (secondary N) is 1. The Labute approximate surface area is 229 Å². The Bertz CT molecular complexity index is 1320. The van der Waals surface area contributed by atoms with Crippen molar-refractivity contribution in [2.75, 3.05) is 38.2 Å². The molecule has 4 aromatic rings. The second-order valence-electron chi connectivity index (χ2n) is 9.40. The monoisotopic (exact) mass is 523 g/mol. The highest BCUT2D eigenvalue weighted by Gasteiger charge is 2.19. The van der Waals surface area contributed by atoms with Gasteiger partial charge in [-0.25, -0.2) is 0 Å². The van der Waals surface area contributed by atoms with E-state index < -0.39 is 0 Å². The van der Waals surface area contributed by atoms with E-state index in [1.165, 1.54) is 34.2 Å². The van der Waals surface area contributed by atoms with E-state index in [4.69, 9.17) is 4.74 Å². The van der Waals surface area contributed by atoms with Crippen LogP contribution in [0.25, 0.3) is 11.1 Å². The van der Waals surface area contributed by atoms with Crippen LogP contribution in [0.1, 0.15) is 21.5 Å². The first-order valence-electron chi connectivity index (χ1n) is 13.0. The van der Waals surface area contributed by atoms with Crippen LogP contribution in [0.4, 0.5) is 5.69 Å². The van der Waals surface area contributed by atoms with Gasteiger partial charge in [-0.15, -0.1) is 0 Å². The molecule has 6 heteroatoms. The minimum absolute atomic E-state index is 0.0576. The van der Waals surface area contributed by atoms with Crippen LogP contribution in [-0.4, -0.2) is 44.1 Å². The number of carbonyl (C=O) groups is 1. The van der Waals surface area contributed by atoms with Gasteiger partial charge in [0.15, 0.2) is 0 Å². The first-order valence-corrected chi connectivity index (χ1v) is 13.9. The van der Waals surface area contributed by atoms with Crippen molar-refractivity contribution in [2.24, 2.45) is 0 Å². The summed E-state index contributed by atoms with van der Waals surface area (Å²) < 4.78 is 8.27. The molecule has 1 heterocycles. The first kappa shape index (κ1) is 25.9. The maximum Gasteiger partial charge on any atom is 0.261 e. The van der Waals surface area contributed by atoms with Gasteiger partial charge in [-0.3, -0.25) is 14.4 Å². The second kappa shape index (κ2) is 12.7. The molecule has 0 unspecified atom stereocenters. The highest BCUT2D eigenvalue weighted by Crippen LogP contribution is 2.27. The van der Waals surface area contributed by atoms with Crippen molar-refractivity contribution >= 4 is 23.5 Å². The molecule has 0 spiro atoms. The van der Waals surface area contributed by atoms with E-state index in [1.807, 2.05) is 42.5 Å². The minimum Gasteiger partial charge on any atom is -0.497 e. The number of hydrogen-bond donors (Lipinski definition) is 1. The second-order valence-corrected chi connectivity index (χ2v) is 10.2. The molecule has 1 N–H and O–H groups in total. The number of nitrogens with zero attached hydrogens (tertiary/aromatic N) is 2. The lowest BCUT2D eigenvalue weighted by atomic mass is 9.99. The highest BCUT2D eigenvalue weighted by atomic mass is 32.2.